The Kier molecular flexibility index (Phi) is 8.55. The molecular weight excluding hydrogens is 467 g/mol. The maximum absolute atomic E-state index is 13.4. The summed E-state index contributed by atoms with van der Waals surface area (Å²) in [5, 5.41) is 2.04. The number of aryl methyl sites for hydroxylation is 1. The van der Waals surface area contributed by atoms with E-state index >= 15 is 0 Å². The molecule has 6 nitrogen and oxygen atoms in total. The van der Waals surface area contributed by atoms with E-state index in [1.54, 1.807) is 19.1 Å². The molecular formula is C21H25ClF3N3O3S. The van der Waals surface area contributed by atoms with Crippen molar-refractivity contribution in [2.45, 2.75) is 24.4 Å². The van der Waals surface area contributed by atoms with Gasteiger partial charge < -0.3 is 10.2 Å². The Bertz CT molecular complexity index is 1040. The highest BCUT2D eigenvalue weighted by atomic mass is 35.5. The van der Waals surface area contributed by atoms with Crippen molar-refractivity contribution in [1.82, 2.24) is 10.2 Å². The van der Waals surface area contributed by atoms with E-state index in [1.165, 1.54) is 12.1 Å². The highest BCUT2D eigenvalue weighted by molar-refractivity contribution is 7.92. The molecule has 0 aliphatic rings. The molecule has 32 heavy (non-hydrogen) atoms. The van der Waals surface area contributed by atoms with Gasteiger partial charge in [0.1, 0.15) is 6.54 Å². The second-order valence-electron chi connectivity index (χ2n) is 7.49. The molecule has 2 aromatic carbocycles. The fourth-order valence-electron chi connectivity index (χ4n) is 2.85. The summed E-state index contributed by atoms with van der Waals surface area (Å²) in [4.78, 5) is 14.3. The van der Waals surface area contributed by atoms with Gasteiger partial charge in [0.2, 0.25) is 5.91 Å². The Hall–Kier alpha value is -2.30. The van der Waals surface area contributed by atoms with Crippen LogP contribution in [0.5, 0.6) is 0 Å². The van der Waals surface area contributed by atoms with Gasteiger partial charge in [0, 0.05) is 6.54 Å². The molecule has 11 heteroatoms. The van der Waals surface area contributed by atoms with Crippen LogP contribution >= 0.6 is 11.6 Å². The van der Waals surface area contributed by atoms with Crippen molar-refractivity contribution in [1.29, 1.82) is 0 Å². The first-order valence-corrected chi connectivity index (χ1v) is 11.5. The van der Waals surface area contributed by atoms with E-state index in [4.69, 9.17) is 11.6 Å². The summed E-state index contributed by atoms with van der Waals surface area (Å²) in [7, 11) is -0.588. The monoisotopic (exact) mass is 491 g/mol. The minimum Gasteiger partial charge on any atom is -0.354 e. The smallest absolute Gasteiger partial charge is 0.354 e. The van der Waals surface area contributed by atoms with Crippen molar-refractivity contribution in [3.05, 3.63) is 58.6 Å². The summed E-state index contributed by atoms with van der Waals surface area (Å²) in [5.74, 6) is -0.636. The van der Waals surface area contributed by atoms with Crippen LogP contribution in [-0.2, 0) is 21.0 Å². The minimum absolute atomic E-state index is 0.146. The Balaban J connectivity index is 2.42. The van der Waals surface area contributed by atoms with Gasteiger partial charge in [-0.05, 0) is 64.3 Å². The molecule has 0 saturated heterocycles. The highest BCUT2D eigenvalue weighted by Crippen LogP contribution is 2.38. The van der Waals surface area contributed by atoms with Crippen LogP contribution in [0.1, 0.15) is 17.5 Å². The number of alkyl halides is 3. The van der Waals surface area contributed by atoms with Gasteiger partial charge in [-0.15, -0.1) is 0 Å². The van der Waals surface area contributed by atoms with Crippen molar-refractivity contribution < 1.29 is 26.4 Å². The number of benzene rings is 2. The van der Waals surface area contributed by atoms with Crippen LogP contribution in [0.3, 0.4) is 0 Å². The molecule has 0 fully saturated rings. The van der Waals surface area contributed by atoms with Crippen molar-refractivity contribution >= 4 is 33.2 Å². The largest absolute Gasteiger partial charge is 0.417 e. The summed E-state index contributed by atoms with van der Waals surface area (Å²) >= 11 is 5.68. The lowest BCUT2D eigenvalue weighted by Crippen LogP contribution is -2.41. The molecule has 1 N–H and O–H groups in total. The zero-order valence-electron chi connectivity index (χ0n) is 17.9. The summed E-state index contributed by atoms with van der Waals surface area (Å²) in [5.41, 5.74) is -0.696. The number of nitrogens with one attached hydrogen (secondary N) is 1. The zero-order valence-corrected chi connectivity index (χ0v) is 19.5. The van der Waals surface area contributed by atoms with Gasteiger partial charge in [-0.2, -0.15) is 13.2 Å². The third-order valence-corrected chi connectivity index (χ3v) is 6.66. The molecule has 0 atom stereocenters. The number of rotatable bonds is 9. The third kappa shape index (κ3) is 6.85. The molecule has 2 aromatic rings. The van der Waals surface area contributed by atoms with Crippen molar-refractivity contribution in [3.63, 3.8) is 0 Å². The Labute approximate surface area is 191 Å². The number of amides is 1. The number of halogens is 4. The Morgan fingerprint density at radius 1 is 1.09 bits per heavy atom. The topological polar surface area (TPSA) is 69.7 Å². The zero-order chi connectivity index (χ0) is 24.1. The fraction of sp³-hybridized carbons (Fsp3) is 0.381. The second kappa shape index (κ2) is 10.5. The van der Waals surface area contributed by atoms with E-state index in [0.29, 0.717) is 29.9 Å². The first kappa shape index (κ1) is 26.0. The van der Waals surface area contributed by atoms with Crippen LogP contribution < -0.4 is 9.62 Å². The van der Waals surface area contributed by atoms with Crippen molar-refractivity contribution in [2.24, 2.45) is 0 Å². The van der Waals surface area contributed by atoms with E-state index in [0.717, 1.165) is 17.7 Å². The lowest BCUT2D eigenvalue weighted by atomic mass is 10.2. The van der Waals surface area contributed by atoms with Crippen LogP contribution in [0.4, 0.5) is 18.9 Å². The van der Waals surface area contributed by atoms with Gasteiger partial charge in [0.15, 0.2) is 0 Å². The van der Waals surface area contributed by atoms with Gasteiger partial charge in [-0.25, -0.2) is 8.42 Å². The van der Waals surface area contributed by atoms with E-state index in [1.807, 2.05) is 19.0 Å². The minimum atomic E-state index is -4.79. The van der Waals surface area contributed by atoms with Crippen LogP contribution in [0, 0.1) is 6.92 Å². The molecule has 0 spiro atoms. The normalized spacial score (nSPS) is 12.1. The fourth-order valence-corrected chi connectivity index (χ4v) is 4.49. The summed E-state index contributed by atoms with van der Waals surface area (Å²) in [6, 6.07) is 8.55. The first-order valence-electron chi connectivity index (χ1n) is 9.70. The predicted octanol–water partition coefficient (Wildman–Crippen LogP) is 3.93. The highest BCUT2D eigenvalue weighted by Gasteiger charge is 2.35. The second-order valence-corrected chi connectivity index (χ2v) is 9.76. The number of hydrogen-bond acceptors (Lipinski definition) is 4. The van der Waals surface area contributed by atoms with Gasteiger partial charge in [-0.3, -0.25) is 9.10 Å². The lowest BCUT2D eigenvalue weighted by Gasteiger charge is -2.25. The Morgan fingerprint density at radius 2 is 1.72 bits per heavy atom. The number of hydrogen-bond donors (Lipinski definition) is 1. The van der Waals surface area contributed by atoms with Crippen molar-refractivity contribution in [3.8, 4) is 0 Å². The van der Waals surface area contributed by atoms with Gasteiger partial charge >= 0.3 is 6.18 Å². The standard InChI is InChI=1S/C21H25ClF3N3O3S/c1-15-5-8-17(9-6-15)32(30,31)28(14-20(29)26-11-4-12-27(2)3)16-7-10-19(22)18(13-16)21(23,24)25/h5-10,13H,4,11-12,14H2,1-3H3,(H,26,29). The van der Waals surface area contributed by atoms with E-state index < -0.39 is 39.2 Å². The van der Waals surface area contributed by atoms with Gasteiger partial charge in [-0.1, -0.05) is 29.3 Å². The number of anilines is 1. The lowest BCUT2D eigenvalue weighted by molar-refractivity contribution is -0.137. The molecule has 0 aromatic heterocycles. The number of nitrogens with zero attached hydrogens (tertiary/aromatic N) is 2. The quantitative estimate of drug-likeness (QED) is 0.540. The van der Waals surface area contributed by atoms with Crippen LogP contribution in [0.2, 0.25) is 5.02 Å². The van der Waals surface area contributed by atoms with E-state index in [2.05, 4.69) is 5.32 Å². The first-order chi connectivity index (χ1) is 14.8. The molecule has 0 radical (unpaired) electrons. The Morgan fingerprint density at radius 3 is 2.28 bits per heavy atom. The molecule has 0 bridgehead atoms. The molecule has 2 rings (SSSR count). The molecule has 0 unspecified atom stereocenters. The molecule has 1 amide bonds. The maximum atomic E-state index is 13.4. The molecule has 0 heterocycles. The molecule has 0 saturated carbocycles. The third-order valence-electron chi connectivity index (χ3n) is 4.54. The number of sulfonamides is 1. The SMILES string of the molecule is Cc1ccc(S(=O)(=O)N(CC(=O)NCCCN(C)C)c2ccc(Cl)c(C(F)(F)F)c2)cc1. The van der Waals surface area contributed by atoms with Crippen molar-refractivity contribution in [2.75, 3.05) is 38.0 Å². The van der Waals surface area contributed by atoms with Crippen LogP contribution in [0.25, 0.3) is 0 Å². The molecule has 0 aliphatic heterocycles. The molecule has 176 valence electrons. The number of carbonyl (C=O) groups is 1. The van der Waals surface area contributed by atoms with Crippen LogP contribution in [0.15, 0.2) is 47.4 Å². The summed E-state index contributed by atoms with van der Waals surface area (Å²) in [6.07, 6.45) is -4.16. The molecule has 0 aliphatic carbocycles. The van der Waals surface area contributed by atoms with Gasteiger partial charge in [0.05, 0.1) is 21.2 Å². The summed E-state index contributed by atoms with van der Waals surface area (Å²) in [6.45, 7) is 2.09. The van der Waals surface area contributed by atoms with E-state index in [-0.39, 0.29) is 10.6 Å². The number of carbonyl (C=O) groups excluding carboxylic acids is 1. The maximum Gasteiger partial charge on any atom is 0.417 e. The average Bonchev–Trinajstić information content (AvgIpc) is 2.69. The van der Waals surface area contributed by atoms with Crippen LogP contribution in [-0.4, -0.2) is 53.0 Å². The van der Waals surface area contributed by atoms with E-state index in [9.17, 15) is 26.4 Å². The summed E-state index contributed by atoms with van der Waals surface area (Å²) < 4.78 is 67.3. The predicted molar refractivity (Wildman–Crippen MR) is 118 cm³/mol. The van der Waals surface area contributed by atoms with Gasteiger partial charge in [0.25, 0.3) is 10.0 Å². The average molecular weight is 492 g/mol.